The van der Waals surface area contributed by atoms with E-state index in [-0.39, 0.29) is 18.0 Å². The minimum atomic E-state index is -3.06. The van der Waals surface area contributed by atoms with Gasteiger partial charge in [0.15, 0.2) is 0 Å². The van der Waals surface area contributed by atoms with Gasteiger partial charge in [0.2, 0.25) is 5.91 Å². The van der Waals surface area contributed by atoms with Gasteiger partial charge < -0.3 is 14.2 Å². The van der Waals surface area contributed by atoms with Crippen molar-refractivity contribution in [3.05, 3.63) is 23.7 Å². The van der Waals surface area contributed by atoms with Crippen molar-refractivity contribution >= 4 is 11.8 Å². The average molecular weight is 352 g/mol. The summed E-state index contributed by atoms with van der Waals surface area (Å²) < 4.78 is 34.0. The molecule has 7 heteroatoms. The number of nitrogens with zero attached hydrogens (tertiary/aromatic N) is 2. The first-order valence-corrected chi connectivity index (χ1v) is 8.80. The molecule has 2 amide bonds. The van der Waals surface area contributed by atoms with Crippen molar-refractivity contribution < 1.29 is 22.8 Å². The Hall–Kier alpha value is -1.92. The molecule has 0 N–H and O–H groups in total. The molecule has 1 aromatic rings. The molecule has 3 heterocycles. The second-order valence-corrected chi connectivity index (χ2v) is 7.81. The second-order valence-electron chi connectivity index (χ2n) is 7.81. The van der Waals surface area contributed by atoms with Gasteiger partial charge in [0.1, 0.15) is 5.76 Å². The molecule has 0 bridgehead atoms. The number of alkyl halides is 2. The number of amides is 2. The van der Waals surface area contributed by atoms with Crippen LogP contribution in [0.25, 0.3) is 0 Å². The highest BCUT2D eigenvalue weighted by molar-refractivity contribution is 5.96. The lowest BCUT2D eigenvalue weighted by Crippen LogP contribution is -2.57. The van der Waals surface area contributed by atoms with E-state index in [1.165, 1.54) is 12.3 Å². The maximum atomic E-state index is 14.4. The summed E-state index contributed by atoms with van der Waals surface area (Å²) in [5, 5.41) is 0. The van der Waals surface area contributed by atoms with Gasteiger partial charge >= 0.3 is 0 Å². The van der Waals surface area contributed by atoms with Crippen LogP contribution in [0.2, 0.25) is 0 Å². The van der Waals surface area contributed by atoms with E-state index in [0.717, 1.165) is 17.7 Å². The first-order chi connectivity index (χ1) is 11.8. The Morgan fingerprint density at radius 3 is 2.76 bits per heavy atom. The summed E-state index contributed by atoms with van der Waals surface area (Å²) in [5.41, 5.74) is -0.864. The van der Waals surface area contributed by atoms with Crippen LogP contribution in [0.1, 0.15) is 41.8 Å². The maximum Gasteiger partial charge on any atom is 0.266 e. The van der Waals surface area contributed by atoms with Gasteiger partial charge in [-0.3, -0.25) is 9.59 Å². The predicted octanol–water partition coefficient (Wildman–Crippen LogP) is 2.70. The monoisotopic (exact) mass is 352 g/mol. The largest absolute Gasteiger partial charge is 0.469 e. The number of carbonyl (C=O) groups excluding carboxylic acids is 2. The van der Waals surface area contributed by atoms with E-state index in [2.05, 4.69) is 0 Å². The van der Waals surface area contributed by atoms with Crippen LogP contribution in [0.4, 0.5) is 8.78 Å². The molecule has 0 radical (unpaired) electrons. The summed E-state index contributed by atoms with van der Waals surface area (Å²) in [6.07, 6.45) is 3.52. The van der Waals surface area contributed by atoms with Gasteiger partial charge in [0.25, 0.3) is 11.8 Å². The molecule has 1 aliphatic carbocycles. The summed E-state index contributed by atoms with van der Waals surface area (Å²) in [4.78, 5) is 28.5. The maximum absolute atomic E-state index is 14.4. The highest BCUT2D eigenvalue weighted by Gasteiger charge is 2.58. The lowest BCUT2D eigenvalue weighted by Gasteiger charge is -2.42. The van der Waals surface area contributed by atoms with Crippen molar-refractivity contribution in [1.82, 2.24) is 9.80 Å². The zero-order chi connectivity index (χ0) is 17.8. The van der Waals surface area contributed by atoms with Gasteiger partial charge in [-0.2, -0.15) is 0 Å². The van der Waals surface area contributed by atoms with E-state index in [9.17, 15) is 18.4 Å². The minimum absolute atomic E-state index is 0.0616. The van der Waals surface area contributed by atoms with E-state index >= 15 is 0 Å². The van der Waals surface area contributed by atoms with Crippen LogP contribution in [-0.4, -0.2) is 53.7 Å². The zero-order valence-electron chi connectivity index (χ0n) is 14.3. The highest BCUT2D eigenvalue weighted by atomic mass is 19.3. The number of halogens is 2. The Kier molecular flexibility index (Phi) is 3.67. The predicted molar refractivity (Wildman–Crippen MR) is 85.3 cm³/mol. The fraction of sp³-hybridized carbons (Fsp3) is 0.667. The first-order valence-electron chi connectivity index (χ1n) is 8.80. The number of hydrogen-bond donors (Lipinski definition) is 0. The molecule has 0 unspecified atom stereocenters. The van der Waals surface area contributed by atoms with Crippen LogP contribution in [0.5, 0.6) is 0 Å². The number of hydrogen-bond acceptors (Lipinski definition) is 3. The number of aryl methyl sites for hydroxylation is 1. The van der Waals surface area contributed by atoms with E-state index in [4.69, 9.17) is 4.42 Å². The molecule has 0 aromatic carbocycles. The van der Waals surface area contributed by atoms with Crippen LogP contribution >= 0.6 is 0 Å². The third-order valence-electron chi connectivity index (χ3n) is 5.67. The number of likely N-dealkylation sites (tertiary alicyclic amines) is 2. The van der Waals surface area contributed by atoms with Gasteiger partial charge in [0.05, 0.1) is 23.8 Å². The topological polar surface area (TPSA) is 53.8 Å². The summed E-state index contributed by atoms with van der Waals surface area (Å²) in [5.74, 6) is -2.83. The number of furan rings is 1. The molecule has 4 rings (SSSR count). The Morgan fingerprint density at radius 1 is 1.36 bits per heavy atom. The molecule has 25 heavy (non-hydrogen) atoms. The first kappa shape index (κ1) is 16.5. The van der Waals surface area contributed by atoms with E-state index in [0.29, 0.717) is 31.2 Å². The summed E-state index contributed by atoms with van der Waals surface area (Å²) in [6.45, 7) is 2.22. The third-order valence-corrected chi connectivity index (χ3v) is 5.67. The molecular formula is C18H22F2N2O3. The van der Waals surface area contributed by atoms with Crippen LogP contribution < -0.4 is 0 Å². The average Bonchev–Trinajstić information content (AvgIpc) is 3.20. The van der Waals surface area contributed by atoms with Gasteiger partial charge in [-0.05, 0) is 38.2 Å². The molecule has 5 nitrogen and oxygen atoms in total. The fourth-order valence-electron chi connectivity index (χ4n) is 4.22. The molecule has 1 atom stereocenters. The van der Waals surface area contributed by atoms with Crippen molar-refractivity contribution in [1.29, 1.82) is 0 Å². The quantitative estimate of drug-likeness (QED) is 0.840. The van der Waals surface area contributed by atoms with Crippen molar-refractivity contribution in [3.63, 3.8) is 0 Å². The van der Waals surface area contributed by atoms with Crippen LogP contribution in [0.3, 0.4) is 0 Å². The van der Waals surface area contributed by atoms with Gasteiger partial charge in [-0.25, -0.2) is 8.78 Å². The normalized spacial score (nSPS) is 28.8. The van der Waals surface area contributed by atoms with E-state index < -0.39 is 30.2 Å². The summed E-state index contributed by atoms with van der Waals surface area (Å²) in [7, 11) is 0. The van der Waals surface area contributed by atoms with Crippen molar-refractivity contribution in [3.8, 4) is 0 Å². The van der Waals surface area contributed by atoms with Crippen molar-refractivity contribution in [2.75, 3.05) is 26.2 Å². The molecule has 1 saturated carbocycles. The third kappa shape index (κ3) is 2.93. The molecule has 2 saturated heterocycles. The Labute approximate surface area is 144 Å². The van der Waals surface area contributed by atoms with E-state index in [1.54, 1.807) is 11.8 Å². The lowest BCUT2D eigenvalue weighted by atomic mass is 9.76. The number of piperidine rings is 1. The number of carbonyl (C=O) groups is 2. The molecule has 136 valence electrons. The van der Waals surface area contributed by atoms with Crippen molar-refractivity contribution in [2.24, 2.45) is 11.3 Å². The van der Waals surface area contributed by atoms with Crippen LogP contribution in [0.15, 0.2) is 16.7 Å². The second kappa shape index (κ2) is 5.54. The van der Waals surface area contributed by atoms with Gasteiger partial charge in [-0.15, -0.1) is 0 Å². The molecule has 3 fully saturated rings. The SMILES string of the molecule is Cc1occc1C(=O)N1CC(F)(F)C[C@@]2(CCN(CC3CC3)C2=O)C1. The standard InChI is InChI=1S/C18H22F2N2O3/c1-12-14(4-7-25-12)15(23)22-10-17(9-18(19,20)11-22)5-6-21(16(17)24)8-13-2-3-13/h4,7,13H,2-3,5-6,8-11H2,1H3/t17-/m0/s1. The molecule has 3 aliphatic rings. The zero-order valence-corrected chi connectivity index (χ0v) is 14.3. The highest BCUT2D eigenvalue weighted by Crippen LogP contribution is 2.47. The Morgan fingerprint density at radius 2 is 2.12 bits per heavy atom. The molecule has 1 spiro atoms. The van der Waals surface area contributed by atoms with Crippen LogP contribution in [0, 0.1) is 18.3 Å². The summed E-state index contributed by atoms with van der Waals surface area (Å²) >= 11 is 0. The lowest BCUT2D eigenvalue weighted by molar-refractivity contribution is -0.151. The van der Waals surface area contributed by atoms with Gasteiger partial charge in [0, 0.05) is 26.1 Å². The van der Waals surface area contributed by atoms with Crippen molar-refractivity contribution in [2.45, 2.75) is 38.5 Å². The van der Waals surface area contributed by atoms with Gasteiger partial charge in [-0.1, -0.05) is 0 Å². The summed E-state index contributed by atoms with van der Waals surface area (Å²) in [6, 6.07) is 1.49. The Balaban J connectivity index is 1.58. The van der Waals surface area contributed by atoms with Crippen LogP contribution in [-0.2, 0) is 4.79 Å². The smallest absolute Gasteiger partial charge is 0.266 e. The molecule has 1 aromatic heterocycles. The molecule has 2 aliphatic heterocycles. The van der Waals surface area contributed by atoms with E-state index in [1.807, 2.05) is 0 Å². The number of rotatable bonds is 3. The molecular weight excluding hydrogens is 330 g/mol. The minimum Gasteiger partial charge on any atom is -0.469 e. The fourth-order valence-corrected chi connectivity index (χ4v) is 4.22. The Bertz CT molecular complexity index is 713.